The van der Waals surface area contributed by atoms with Crippen LogP contribution in [0.15, 0.2) is 29.5 Å². The average Bonchev–Trinajstić information content (AvgIpc) is 2.12. The van der Waals surface area contributed by atoms with Crippen molar-refractivity contribution in [3.05, 3.63) is 40.8 Å². The number of aromatic nitrogens is 2. The second-order valence-electron chi connectivity index (χ2n) is 2.39. The lowest BCUT2D eigenvalue weighted by Gasteiger charge is -1.95. The van der Waals surface area contributed by atoms with E-state index in [9.17, 15) is 9.18 Å². The fourth-order valence-corrected chi connectivity index (χ4v) is 1.07. The molecule has 0 aliphatic heterocycles. The molecule has 2 aromatic heterocycles. The lowest BCUT2D eigenvalue weighted by Crippen LogP contribution is -2.06. The highest BCUT2D eigenvalue weighted by atomic mass is 19.1. The molecule has 0 bridgehead atoms. The fourth-order valence-electron chi connectivity index (χ4n) is 1.07. The Kier molecular flexibility index (Phi) is 1.40. The molecule has 0 saturated carbocycles. The van der Waals surface area contributed by atoms with Gasteiger partial charge in [0.05, 0.1) is 5.39 Å². The minimum Gasteiger partial charge on any atom is -0.326 e. The van der Waals surface area contributed by atoms with Gasteiger partial charge in [0.2, 0.25) is 0 Å². The standard InChI is InChI=1S/C8H5FN2O/c9-7-4-11-8(12)5-1-2-10-3-6(5)7/h1-4H,(H,11,12). The van der Waals surface area contributed by atoms with Crippen LogP contribution >= 0.6 is 0 Å². The van der Waals surface area contributed by atoms with Gasteiger partial charge < -0.3 is 4.98 Å². The van der Waals surface area contributed by atoms with Gasteiger partial charge in [-0.05, 0) is 6.07 Å². The Balaban J connectivity index is 3.05. The molecule has 0 atom stereocenters. The first-order valence-corrected chi connectivity index (χ1v) is 3.40. The van der Waals surface area contributed by atoms with Gasteiger partial charge in [-0.2, -0.15) is 0 Å². The fraction of sp³-hybridized carbons (Fsp3) is 0. The molecule has 60 valence electrons. The third kappa shape index (κ3) is 0.887. The quantitative estimate of drug-likeness (QED) is 0.632. The van der Waals surface area contributed by atoms with Crippen molar-refractivity contribution in [1.29, 1.82) is 0 Å². The van der Waals surface area contributed by atoms with E-state index >= 15 is 0 Å². The second kappa shape index (κ2) is 2.41. The summed E-state index contributed by atoms with van der Waals surface area (Å²) in [6, 6.07) is 1.48. The molecule has 0 aliphatic carbocycles. The molecular weight excluding hydrogens is 159 g/mol. The van der Waals surface area contributed by atoms with Crippen molar-refractivity contribution >= 4 is 10.8 Å². The molecule has 0 spiro atoms. The molecule has 2 aromatic rings. The molecule has 0 amide bonds. The van der Waals surface area contributed by atoms with Crippen LogP contribution in [0.1, 0.15) is 0 Å². The highest BCUT2D eigenvalue weighted by Gasteiger charge is 2.01. The number of pyridine rings is 2. The van der Waals surface area contributed by atoms with Gasteiger partial charge in [-0.15, -0.1) is 0 Å². The van der Waals surface area contributed by atoms with Crippen LogP contribution in [0.5, 0.6) is 0 Å². The highest BCUT2D eigenvalue weighted by Crippen LogP contribution is 2.09. The molecule has 4 heteroatoms. The topological polar surface area (TPSA) is 45.8 Å². The normalized spacial score (nSPS) is 10.4. The minimum atomic E-state index is -0.460. The van der Waals surface area contributed by atoms with Crippen molar-refractivity contribution in [2.24, 2.45) is 0 Å². The van der Waals surface area contributed by atoms with E-state index in [0.717, 1.165) is 6.20 Å². The van der Waals surface area contributed by atoms with E-state index in [2.05, 4.69) is 9.97 Å². The summed E-state index contributed by atoms with van der Waals surface area (Å²) in [4.78, 5) is 17.1. The van der Waals surface area contributed by atoms with E-state index in [0.29, 0.717) is 5.39 Å². The molecular formula is C8H5FN2O. The van der Waals surface area contributed by atoms with Crippen molar-refractivity contribution in [3.8, 4) is 0 Å². The van der Waals surface area contributed by atoms with Crippen LogP contribution in [-0.2, 0) is 0 Å². The third-order valence-electron chi connectivity index (χ3n) is 1.65. The van der Waals surface area contributed by atoms with Crippen molar-refractivity contribution in [3.63, 3.8) is 0 Å². The number of H-pyrrole nitrogens is 1. The summed E-state index contributed by atoms with van der Waals surface area (Å²) in [6.07, 6.45) is 3.82. The molecule has 0 saturated heterocycles. The minimum absolute atomic E-state index is 0.251. The second-order valence-corrected chi connectivity index (χ2v) is 2.39. The maximum Gasteiger partial charge on any atom is 0.256 e. The molecule has 2 heterocycles. The SMILES string of the molecule is O=c1[nH]cc(F)c2cnccc12. The lowest BCUT2D eigenvalue weighted by atomic mass is 10.2. The van der Waals surface area contributed by atoms with Gasteiger partial charge in [0.25, 0.3) is 5.56 Å². The Morgan fingerprint density at radius 3 is 3.00 bits per heavy atom. The zero-order valence-electron chi connectivity index (χ0n) is 6.04. The van der Waals surface area contributed by atoms with E-state index in [4.69, 9.17) is 0 Å². The molecule has 0 aromatic carbocycles. The Morgan fingerprint density at radius 2 is 2.25 bits per heavy atom. The molecule has 0 fully saturated rings. The lowest BCUT2D eigenvalue weighted by molar-refractivity contribution is 0.632. The summed E-state index contributed by atoms with van der Waals surface area (Å²) in [5, 5.41) is 0.575. The average molecular weight is 164 g/mol. The van der Waals surface area contributed by atoms with Gasteiger partial charge in [0, 0.05) is 24.0 Å². The van der Waals surface area contributed by atoms with Crippen LogP contribution in [0.3, 0.4) is 0 Å². The molecule has 0 aliphatic rings. The highest BCUT2D eigenvalue weighted by molar-refractivity contribution is 5.80. The van der Waals surface area contributed by atoms with E-state index < -0.39 is 5.82 Å². The first-order chi connectivity index (χ1) is 5.79. The maximum atomic E-state index is 13.0. The molecule has 0 unspecified atom stereocenters. The van der Waals surface area contributed by atoms with Gasteiger partial charge in [0.1, 0.15) is 5.82 Å². The first-order valence-electron chi connectivity index (χ1n) is 3.40. The Labute approximate surface area is 66.9 Å². The molecule has 1 N–H and O–H groups in total. The number of nitrogens with one attached hydrogen (secondary N) is 1. The number of hydrogen-bond acceptors (Lipinski definition) is 2. The third-order valence-corrected chi connectivity index (χ3v) is 1.65. The summed E-state index contributed by atoms with van der Waals surface area (Å²) < 4.78 is 13.0. The number of aromatic amines is 1. The van der Waals surface area contributed by atoms with E-state index in [1.165, 1.54) is 18.5 Å². The summed E-state index contributed by atoms with van der Waals surface area (Å²) >= 11 is 0. The molecule has 2 rings (SSSR count). The summed E-state index contributed by atoms with van der Waals surface area (Å²) in [5.41, 5.74) is -0.297. The molecule has 0 radical (unpaired) electrons. The van der Waals surface area contributed by atoms with Crippen molar-refractivity contribution in [2.45, 2.75) is 0 Å². The predicted molar refractivity (Wildman–Crippen MR) is 42.3 cm³/mol. The number of nitrogens with zero attached hydrogens (tertiary/aromatic N) is 1. The molecule has 3 nitrogen and oxygen atoms in total. The van der Waals surface area contributed by atoms with Crippen molar-refractivity contribution < 1.29 is 4.39 Å². The monoisotopic (exact) mass is 164 g/mol. The van der Waals surface area contributed by atoms with Gasteiger partial charge in [-0.25, -0.2) is 4.39 Å². The zero-order chi connectivity index (χ0) is 8.55. The van der Waals surface area contributed by atoms with Crippen LogP contribution in [0.2, 0.25) is 0 Å². The van der Waals surface area contributed by atoms with Crippen molar-refractivity contribution in [1.82, 2.24) is 9.97 Å². The number of hydrogen-bond donors (Lipinski definition) is 1. The van der Waals surface area contributed by atoms with Crippen LogP contribution in [-0.4, -0.2) is 9.97 Å². The maximum absolute atomic E-state index is 13.0. The van der Waals surface area contributed by atoms with Gasteiger partial charge in [-0.3, -0.25) is 9.78 Å². The Morgan fingerprint density at radius 1 is 1.42 bits per heavy atom. The largest absolute Gasteiger partial charge is 0.326 e. The zero-order valence-corrected chi connectivity index (χ0v) is 6.04. The van der Waals surface area contributed by atoms with Crippen LogP contribution in [0.4, 0.5) is 4.39 Å². The van der Waals surface area contributed by atoms with E-state index in [-0.39, 0.29) is 10.9 Å². The summed E-state index contributed by atoms with van der Waals surface area (Å²) in [5.74, 6) is -0.460. The van der Waals surface area contributed by atoms with Crippen LogP contribution < -0.4 is 5.56 Å². The Bertz CT molecular complexity index is 478. The van der Waals surface area contributed by atoms with E-state index in [1.54, 1.807) is 0 Å². The van der Waals surface area contributed by atoms with Crippen molar-refractivity contribution in [2.75, 3.05) is 0 Å². The first kappa shape index (κ1) is 6.97. The van der Waals surface area contributed by atoms with Crippen LogP contribution in [0, 0.1) is 5.82 Å². The molecule has 12 heavy (non-hydrogen) atoms. The van der Waals surface area contributed by atoms with Gasteiger partial charge in [-0.1, -0.05) is 0 Å². The van der Waals surface area contributed by atoms with Crippen LogP contribution in [0.25, 0.3) is 10.8 Å². The van der Waals surface area contributed by atoms with Gasteiger partial charge >= 0.3 is 0 Å². The van der Waals surface area contributed by atoms with E-state index in [1.807, 2.05) is 0 Å². The Hall–Kier alpha value is -1.71. The summed E-state index contributed by atoms with van der Waals surface area (Å²) in [6.45, 7) is 0. The number of fused-ring (bicyclic) bond motifs is 1. The summed E-state index contributed by atoms with van der Waals surface area (Å²) in [7, 11) is 0. The number of rotatable bonds is 0. The van der Waals surface area contributed by atoms with Gasteiger partial charge in [0.15, 0.2) is 0 Å². The number of halogens is 1. The smallest absolute Gasteiger partial charge is 0.256 e. The predicted octanol–water partition coefficient (Wildman–Crippen LogP) is 1.06.